The van der Waals surface area contributed by atoms with Crippen LogP contribution in [0.25, 0.3) is 83.4 Å². The standard InChI is InChI=1S/C51H35N3/c1-51(2)45-19-11-9-17-41(45)43-31-50-44(30-46(43)51)42-18-10-12-20-49(42)54(50)40-26-37(35-23-21-33(32-52)22-24-35)25-39(27-40)48-29-38(34-13-5-3-6-14-34)28-47(53-48)36-15-7-4-8-16-36/h3-31H,1-2H3. The molecule has 54 heavy (non-hydrogen) atoms. The lowest BCUT2D eigenvalue weighted by atomic mass is 9.82. The Bertz CT molecular complexity index is 2890. The van der Waals surface area contributed by atoms with Gasteiger partial charge in [-0.05, 0) is 105 Å². The normalized spacial score (nSPS) is 12.8. The second-order valence-corrected chi connectivity index (χ2v) is 14.8. The maximum absolute atomic E-state index is 9.60. The van der Waals surface area contributed by atoms with Gasteiger partial charge in [0, 0.05) is 33.0 Å². The third kappa shape index (κ3) is 5.07. The van der Waals surface area contributed by atoms with Gasteiger partial charge in [0.05, 0.1) is 34.1 Å². The number of aromatic nitrogens is 2. The largest absolute Gasteiger partial charge is 0.309 e. The molecule has 2 aromatic heterocycles. The Labute approximate surface area is 315 Å². The fourth-order valence-electron chi connectivity index (χ4n) is 8.47. The average molecular weight is 690 g/mol. The van der Waals surface area contributed by atoms with Crippen LogP contribution in [0.3, 0.4) is 0 Å². The summed E-state index contributed by atoms with van der Waals surface area (Å²) in [5.74, 6) is 0. The van der Waals surface area contributed by atoms with Gasteiger partial charge in [-0.2, -0.15) is 5.26 Å². The number of para-hydroxylation sites is 1. The molecule has 0 unspecified atom stereocenters. The summed E-state index contributed by atoms with van der Waals surface area (Å²) in [5, 5.41) is 12.1. The third-order valence-electron chi connectivity index (χ3n) is 11.2. The predicted molar refractivity (Wildman–Crippen MR) is 223 cm³/mol. The SMILES string of the molecule is CC1(C)c2ccccc2-c2cc3c(cc21)c1ccccc1n3-c1cc(-c2ccc(C#N)cc2)cc(-c2cc(-c3ccccc3)cc(-c3ccccc3)n2)c1. The number of pyridine rings is 1. The van der Waals surface area contributed by atoms with Crippen LogP contribution in [0.4, 0.5) is 0 Å². The zero-order valence-electron chi connectivity index (χ0n) is 30.1. The predicted octanol–water partition coefficient (Wildman–Crippen LogP) is 13.0. The fraction of sp³-hybridized carbons (Fsp3) is 0.0588. The van der Waals surface area contributed by atoms with E-state index in [0.29, 0.717) is 5.56 Å². The first-order chi connectivity index (χ1) is 26.5. The second kappa shape index (κ2) is 12.3. The minimum atomic E-state index is -0.0993. The smallest absolute Gasteiger partial charge is 0.0991 e. The van der Waals surface area contributed by atoms with Gasteiger partial charge in [-0.15, -0.1) is 0 Å². The summed E-state index contributed by atoms with van der Waals surface area (Å²) >= 11 is 0. The molecule has 0 atom stereocenters. The van der Waals surface area contributed by atoms with E-state index < -0.39 is 0 Å². The lowest BCUT2D eigenvalue weighted by Crippen LogP contribution is -2.14. The average Bonchev–Trinajstić information content (AvgIpc) is 3.68. The molecule has 1 aliphatic carbocycles. The molecule has 3 nitrogen and oxygen atoms in total. The Morgan fingerprint density at radius 2 is 1.07 bits per heavy atom. The van der Waals surface area contributed by atoms with Crippen LogP contribution < -0.4 is 0 Å². The van der Waals surface area contributed by atoms with E-state index in [1.807, 2.05) is 30.3 Å². The Kier molecular flexibility index (Phi) is 7.22. The molecule has 1 aliphatic rings. The van der Waals surface area contributed by atoms with Crippen LogP contribution in [0.1, 0.15) is 30.5 Å². The topological polar surface area (TPSA) is 41.6 Å². The number of benzene rings is 7. The Balaban J connectivity index is 1.26. The van der Waals surface area contributed by atoms with E-state index in [-0.39, 0.29) is 5.41 Å². The second-order valence-electron chi connectivity index (χ2n) is 14.8. The summed E-state index contributed by atoms with van der Waals surface area (Å²) in [6.45, 7) is 4.69. The van der Waals surface area contributed by atoms with Crippen molar-refractivity contribution in [2.24, 2.45) is 0 Å². The van der Waals surface area contributed by atoms with Crippen molar-refractivity contribution < 1.29 is 0 Å². The summed E-state index contributed by atoms with van der Waals surface area (Å²) in [6.07, 6.45) is 0. The molecule has 9 aromatic rings. The number of hydrogen-bond donors (Lipinski definition) is 0. The lowest BCUT2D eigenvalue weighted by molar-refractivity contribution is 0.661. The molecule has 2 heterocycles. The summed E-state index contributed by atoms with van der Waals surface area (Å²) < 4.78 is 2.43. The molecule has 0 radical (unpaired) electrons. The quantitative estimate of drug-likeness (QED) is 0.180. The first-order valence-electron chi connectivity index (χ1n) is 18.4. The van der Waals surface area contributed by atoms with Crippen LogP contribution in [0.5, 0.6) is 0 Å². The highest BCUT2D eigenvalue weighted by Crippen LogP contribution is 2.51. The Hall–Kier alpha value is -7.02. The maximum atomic E-state index is 9.60. The lowest BCUT2D eigenvalue weighted by Gasteiger charge is -2.21. The van der Waals surface area contributed by atoms with Gasteiger partial charge in [0.1, 0.15) is 0 Å². The molecule has 3 heteroatoms. The molecule has 0 N–H and O–H groups in total. The monoisotopic (exact) mass is 689 g/mol. The molecule has 0 fully saturated rings. The van der Waals surface area contributed by atoms with Crippen LogP contribution in [0.15, 0.2) is 176 Å². The molecule has 0 amide bonds. The molecular formula is C51H35N3. The van der Waals surface area contributed by atoms with E-state index in [2.05, 4.69) is 170 Å². The van der Waals surface area contributed by atoms with Crippen molar-refractivity contribution in [2.75, 3.05) is 0 Å². The first-order valence-corrected chi connectivity index (χ1v) is 18.4. The first kappa shape index (κ1) is 31.7. The number of fused-ring (bicyclic) bond motifs is 6. The van der Waals surface area contributed by atoms with Gasteiger partial charge in [0.25, 0.3) is 0 Å². The van der Waals surface area contributed by atoms with Gasteiger partial charge in [-0.1, -0.05) is 129 Å². The minimum Gasteiger partial charge on any atom is -0.309 e. The van der Waals surface area contributed by atoms with Gasteiger partial charge < -0.3 is 4.57 Å². The molecule has 10 rings (SSSR count). The number of nitrogens with zero attached hydrogens (tertiary/aromatic N) is 3. The van der Waals surface area contributed by atoms with Gasteiger partial charge in [-0.3, -0.25) is 0 Å². The van der Waals surface area contributed by atoms with Crippen LogP contribution in [0, 0.1) is 11.3 Å². The Morgan fingerprint density at radius 3 is 1.83 bits per heavy atom. The van der Waals surface area contributed by atoms with E-state index in [9.17, 15) is 5.26 Å². The van der Waals surface area contributed by atoms with Crippen molar-refractivity contribution in [1.82, 2.24) is 9.55 Å². The molecule has 0 saturated heterocycles. The number of hydrogen-bond acceptors (Lipinski definition) is 2. The highest BCUT2D eigenvalue weighted by Gasteiger charge is 2.36. The molecule has 0 saturated carbocycles. The summed E-state index contributed by atoms with van der Waals surface area (Å²) in [4.78, 5) is 5.34. The van der Waals surface area contributed by atoms with Gasteiger partial charge in [-0.25, -0.2) is 4.98 Å². The molecular weight excluding hydrogens is 655 g/mol. The minimum absolute atomic E-state index is 0.0993. The molecule has 0 aliphatic heterocycles. The molecule has 0 bridgehead atoms. The third-order valence-corrected chi connectivity index (χ3v) is 11.2. The van der Waals surface area contributed by atoms with Crippen molar-refractivity contribution >= 4 is 21.8 Å². The van der Waals surface area contributed by atoms with E-state index in [0.717, 1.165) is 56.0 Å². The van der Waals surface area contributed by atoms with E-state index in [1.165, 1.54) is 38.5 Å². The summed E-state index contributed by atoms with van der Waals surface area (Å²) in [6, 6.07) is 64.7. The van der Waals surface area contributed by atoms with Crippen LogP contribution in [0.2, 0.25) is 0 Å². The Morgan fingerprint density at radius 1 is 0.463 bits per heavy atom. The maximum Gasteiger partial charge on any atom is 0.0991 e. The number of nitriles is 1. The van der Waals surface area contributed by atoms with E-state index in [4.69, 9.17) is 4.98 Å². The van der Waals surface area contributed by atoms with Gasteiger partial charge >= 0.3 is 0 Å². The van der Waals surface area contributed by atoms with Gasteiger partial charge in [0.2, 0.25) is 0 Å². The molecule has 7 aromatic carbocycles. The molecule has 0 spiro atoms. The fourth-order valence-corrected chi connectivity index (χ4v) is 8.47. The zero-order valence-corrected chi connectivity index (χ0v) is 30.1. The van der Waals surface area contributed by atoms with Crippen LogP contribution in [-0.4, -0.2) is 9.55 Å². The number of rotatable bonds is 5. The zero-order chi connectivity index (χ0) is 36.4. The van der Waals surface area contributed by atoms with Crippen molar-refractivity contribution in [3.05, 3.63) is 193 Å². The highest BCUT2D eigenvalue weighted by molar-refractivity contribution is 6.11. The summed E-state index contributed by atoms with van der Waals surface area (Å²) in [7, 11) is 0. The van der Waals surface area contributed by atoms with Crippen molar-refractivity contribution in [2.45, 2.75) is 19.3 Å². The summed E-state index contributed by atoms with van der Waals surface area (Å²) in [5.41, 5.74) is 17.5. The van der Waals surface area contributed by atoms with Crippen molar-refractivity contribution in [3.8, 4) is 67.7 Å². The van der Waals surface area contributed by atoms with Gasteiger partial charge in [0.15, 0.2) is 0 Å². The van der Waals surface area contributed by atoms with Crippen LogP contribution >= 0.6 is 0 Å². The van der Waals surface area contributed by atoms with Crippen molar-refractivity contribution in [1.29, 1.82) is 5.26 Å². The molecule has 254 valence electrons. The van der Waals surface area contributed by atoms with Crippen molar-refractivity contribution in [3.63, 3.8) is 0 Å². The highest BCUT2D eigenvalue weighted by atomic mass is 15.0. The van der Waals surface area contributed by atoms with E-state index >= 15 is 0 Å². The van der Waals surface area contributed by atoms with E-state index in [1.54, 1.807) is 0 Å². The van der Waals surface area contributed by atoms with Crippen LogP contribution in [-0.2, 0) is 5.41 Å².